The number of nitrogens with zero attached hydrogens (tertiary/aromatic N) is 2. The SMILES string of the molecule is NCCOc1cnn(Cc2c(F)cccc2F)c(=O)c1. The lowest BCUT2D eigenvalue weighted by Crippen LogP contribution is -2.24. The van der Waals surface area contributed by atoms with E-state index in [1.165, 1.54) is 18.3 Å². The first kappa shape index (κ1) is 14.1. The van der Waals surface area contributed by atoms with Gasteiger partial charge in [-0.1, -0.05) is 6.07 Å². The summed E-state index contributed by atoms with van der Waals surface area (Å²) in [7, 11) is 0. The van der Waals surface area contributed by atoms with Crippen molar-refractivity contribution in [3.8, 4) is 5.75 Å². The third-order valence-electron chi connectivity index (χ3n) is 2.60. The number of halogens is 2. The number of hydrogen-bond acceptors (Lipinski definition) is 4. The molecule has 0 radical (unpaired) electrons. The van der Waals surface area contributed by atoms with Crippen LogP contribution in [-0.2, 0) is 6.54 Å². The van der Waals surface area contributed by atoms with Gasteiger partial charge in [-0.15, -0.1) is 0 Å². The Balaban J connectivity index is 2.24. The Bertz CT molecular complexity index is 638. The molecule has 1 heterocycles. The van der Waals surface area contributed by atoms with E-state index in [1.54, 1.807) is 0 Å². The van der Waals surface area contributed by atoms with Crippen molar-refractivity contribution in [1.82, 2.24) is 9.78 Å². The highest BCUT2D eigenvalue weighted by atomic mass is 19.1. The summed E-state index contributed by atoms with van der Waals surface area (Å²) < 4.78 is 33.1. The zero-order valence-electron chi connectivity index (χ0n) is 10.6. The average Bonchev–Trinajstić information content (AvgIpc) is 2.42. The van der Waals surface area contributed by atoms with Crippen LogP contribution in [0, 0.1) is 11.6 Å². The maximum atomic E-state index is 13.5. The van der Waals surface area contributed by atoms with Crippen LogP contribution in [-0.4, -0.2) is 22.9 Å². The Morgan fingerprint density at radius 3 is 2.60 bits per heavy atom. The van der Waals surface area contributed by atoms with Crippen LogP contribution in [0.2, 0.25) is 0 Å². The van der Waals surface area contributed by atoms with Crippen LogP contribution < -0.4 is 16.0 Å². The van der Waals surface area contributed by atoms with Crippen molar-refractivity contribution in [3.63, 3.8) is 0 Å². The fourth-order valence-corrected chi connectivity index (χ4v) is 1.62. The van der Waals surface area contributed by atoms with Gasteiger partial charge in [0.1, 0.15) is 24.0 Å². The fourth-order valence-electron chi connectivity index (χ4n) is 1.62. The van der Waals surface area contributed by atoms with Crippen molar-refractivity contribution in [2.45, 2.75) is 6.54 Å². The van der Waals surface area contributed by atoms with E-state index < -0.39 is 17.2 Å². The molecule has 0 amide bonds. The molecule has 7 heteroatoms. The number of ether oxygens (including phenoxy) is 1. The lowest BCUT2D eigenvalue weighted by atomic mass is 10.2. The first-order valence-electron chi connectivity index (χ1n) is 5.94. The average molecular weight is 281 g/mol. The Hall–Kier alpha value is -2.28. The smallest absolute Gasteiger partial charge is 0.270 e. The topological polar surface area (TPSA) is 70.1 Å². The van der Waals surface area contributed by atoms with Crippen molar-refractivity contribution >= 4 is 0 Å². The largest absolute Gasteiger partial charge is 0.490 e. The number of rotatable bonds is 5. The number of hydrogen-bond donors (Lipinski definition) is 1. The molecule has 0 spiro atoms. The van der Waals surface area contributed by atoms with E-state index in [4.69, 9.17) is 10.5 Å². The third kappa shape index (κ3) is 3.18. The molecule has 2 aromatic rings. The van der Waals surface area contributed by atoms with Gasteiger partial charge in [0.2, 0.25) is 0 Å². The zero-order chi connectivity index (χ0) is 14.5. The highest BCUT2D eigenvalue weighted by Crippen LogP contribution is 2.13. The Morgan fingerprint density at radius 2 is 2.00 bits per heavy atom. The summed E-state index contributed by atoms with van der Waals surface area (Å²) in [6, 6.07) is 4.71. The van der Waals surface area contributed by atoms with Crippen LogP contribution in [0.15, 0.2) is 35.3 Å². The summed E-state index contributed by atoms with van der Waals surface area (Å²) in [5.74, 6) is -1.17. The van der Waals surface area contributed by atoms with Crippen LogP contribution in [0.1, 0.15) is 5.56 Å². The molecular formula is C13H13F2N3O2. The molecule has 0 atom stereocenters. The standard InChI is InChI=1S/C13H13F2N3O2/c14-11-2-1-3-12(15)10(11)8-18-13(19)6-9(7-17-18)20-5-4-16/h1-3,6-7H,4-5,8,16H2. The van der Waals surface area contributed by atoms with Gasteiger partial charge < -0.3 is 10.5 Å². The quantitative estimate of drug-likeness (QED) is 0.884. The van der Waals surface area contributed by atoms with Crippen LogP contribution in [0.25, 0.3) is 0 Å². The van der Waals surface area contributed by atoms with Crippen molar-refractivity contribution in [2.24, 2.45) is 5.73 Å². The Labute approximate surface area is 113 Å². The minimum absolute atomic E-state index is 0.210. The van der Waals surface area contributed by atoms with Crippen molar-refractivity contribution in [1.29, 1.82) is 0 Å². The van der Waals surface area contributed by atoms with Gasteiger partial charge in [0.25, 0.3) is 5.56 Å². The highest BCUT2D eigenvalue weighted by Gasteiger charge is 2.10. The molecule has 0 saturated heterocycles. The van der Waals surface area contributed by atoms with Gasteiger partial charge in [0.05, 0.1) is 12.7 Å². The minimum atomic E-state index is -0.720. The third-order valence-corrected chi connectivity index (χ3v) is 2.60. The summed E-state index contributed by atoms with van der Waals surface area (Å²) in [6.45, 7) is 0.283. The van der Waals surface area contributed by atoms with Crippen LogP contribution >= 0.6 is 0 Å². The van der Waals surface area contributed by atoms with Crippen molar-refractivity contribution in [3.05, 3.63) is 58.0 Å². The van der Waals surface area contributed by atoms with E-state index in [1.807, 2.05) is 0 Å². The first-order valence-corrected chi connectivity index (χ1v) is 5.94. The minimum Gasteiger partial charge on any atom is -0.490 e. The van der Waals surface area contributed by atoms with Crippen LogP contribution in [0.5, 0.6) is 5.75 Å². The van der Waals surface area contributed by atoms with Gasteiger partial charge in [-0.25, -0.2) is 13.5 Å². The molecule has 1 aromatic carbocycles. The van der Waals surface area contributed by atoms with E-state index in [2.05, 4.69) is 5.10 Å². The van der Waals surface area contributed by atoms with Crippen LogP contribution in [0.3, 0.4) is 0 Å². The Morgan fingerprint density at radius 1 is 1.30 bits per heavy atom. The molecule has 0 unspecified atom stereocenters. The molecule has 0 aliphatic rings. The van der Waals surface area contributed by atoms with Crippen LogP contribution in [0.4, 0.5) is 8.78 Å². The number of nitrogens with two attached hydrogens (primary N) is 1. The number of benzene rings is 1. The molecule has 20 heavy (non-hydrogen) atoms. The van der Waals surface area contributed by atoms with E-state index in [0.29, 0.717) is 6.54 Å². The summed E-state index contributed by atoms with van der Waals surface area (Å²) in [5.41, 5.74) is 4.55. The van der Waals surface area contributed by atoms with Gasteiger partial charge >= 0.3 is 0 Å². The predicted molar refractivity (Wildman–Crippen MR) is 68.5 cm³/mol. The van der Waals surface area contributed by atoms with E-state index in [-0.39, 0.29) is 24.5 Å². The predicted octanol–water partition coefficient (Wildman–Crippen LogP) is 0.907. The second-order valence-electron chi connectivity index (χ2n) is 4.02. The first-order chi connectivity index (χ1) is 9.61. The van der Waals surface area contributed by atoms with Crippen molar-refractivity contribution in [2.75, 3.05) is 13.2 Å². The molecule has 0 aliphatic carbocycles. The van der Waals surface area contributed by atoms with Gasteiger partial charge in [0, 0.05) is 18.2 Å². The summed E-state index contributed by atoms with van der Waals surface area (Å²) in [5, 5.41) is 3.81. The van der Waals surface area contributed by atoms with Gasteiger partial charge in [-0.05, 0) is 12.1 Å². The maximum absolute atomic E-state index is 13.5. The second kappa shape index (κ2) is 6.25. The molecule has 1 aromatic heterocycles. The van der Waals surface area contributed by atoms with E-state index in [0.717, 1.165) is 16.8 Å². The van der Waals surface area contributed by atoms with E-state index >= 15 is 0 Å². The molecule has 0 aliphatic heterocycles. The highest BCUT2D eigenvalue weighted by molar-refractivity contribution is 5.20. The fraction of sp³-hybridized carbons (Fsp3) is 0.231. The second-order valence-corrected chi connectivity index (χ2v) is 4.02. The van der Waals surface area contributed by atoms with Gasteiger partial charge in [0.15, 0.2) is 0 Å². The maximum Gasteiger partial charge on any atom is 0.270 e. The molecule has 2 N–H and O–H groups in total. The molecule has 106 valence electrons. The zero-order valence-corrected chi connectivity index (χ0v) is 10.6. The van der Waals surface area contributed by atoms with Gasteiger partial charge in [-0.3, -0.25) is 4.79 Å². The molecular weight excluding hydrogens is 268 g/mol. The normalized spacial score (nSPS) is 10.6. The summed E-state index contributed by atoms with van der Waals surface area (Å²) in [4.78, 5) is 11.8. The van der Waals surface area contributed by atoms with Gasteiger partial charge in [-0.2, -0.15) is 5.10 Å². The monoisotopic (exact) mass is 281 g/mol. The molecule has 0 bridgehead atoms. The molecule has 0 saturated carbocycles. The molecule has 0 fully saturated rings. The summed E-state index contributed by atoms with van der Waals surface area (Å²) >= 11 is 0. The number of aromatic nitrogens is 2. The molecule has 2 rings (SSSR count). The van der Waals surface area contributed by atoms with Crippen molar-refractivity contribution < 1.29 is 13.5 Å². The molecule has 5 nitrogen and oxygen atoms in total. The lowest BCUT2D eigenvalue weighted by Gasteiger charge is -2.08. The summed E-state index contributed by atoms with van der Waals surface area (Å²) in [6.07, 6.45) is 1.30. The Kier molecular flexibility index (Phi) is 4.41. The lowest BCUT2D eigenvalue weighted by molar-refractivity contribution is 0.324. The van der Waals surface area contributed by atoms with E-state index in [9.17, 15) is 13.6 Å².